The quantitative estimate of drug-likeness (QED) is 0.481. The molecule has 2 heteroatoms. The highest BCUT2D eigenvalue weighted by atomic mass is 16.2. The Balaban J connectivity index is 3.46. The van der Waals surface area contributed by atoms with E-state index >= 15 is 0 Å². The lowest BCUT2D eigenvalue weighted by Gasteiger charge is -2.09. The van der Waals surface area contributed by atoms with Crippen molar-refractivity contribution in [3.05, 3.63) is 12.7 Å². The summed E-state index contributed by atoms with van der Waals surface area (Å²) in [7, 11) is 1.74. The molecule has 0 N–H and O–H groups in total. The van der Waals surface area contributed by atoms with Crippen molar-refractivity contribution in [2.45, 2.75) is 6.92 Å². The molecule has 0 aromatic rings. The molecule has 0 aromatic heterocycles. The molecule has 0 aromatic carbocycles. The van der Waals surface area contributed by atoms with E-state index in [4.69, 9.17) is 0 Å². The smallest absolute Gasteiger partial charge is 0.219 e. The highest BCUT2D eigenvalue weighted by molar-refractivity contribution is 5.72. The van der Waals surface area contributed by atoms with E-state index in [2.05, 4.69) is 6.58 Å². The van der Waals surface area contributed by atoms with Gasteiger partial charge in [0.25, 0.3) is 0 Å². The molecule has 0 aliphatic carbocycles. The maximum absolute atomic E-state index is 10.4. The van der Waals surface area contributed by atoms with Crippen LogP contribution in [0.25, 0.3) is 0 Å². The molecule has 0 aliphatic heterocycles. The number of hydrogen-bond donors (Lipinski definition) is 0. The second-order valence-electron chi connectivity index (χ2n) is 1.69. The monoisotopic (exact) mass is 113 g/mol. The largest absolute Gasteiger partial charge is 0.342 e. The lowest BCUT2D eigenvalue weighted by Crippen LogP contribution is -2.23. The second-order valence-corrected chi connectivity index (χ2v) is 1.69. The summed E-state index contributed by atoms with van der Waals surface area (Å²) < 4.78 is 0. The van der Waals surface area contributed by atoms with E-state index in [9.17, 15) is 4.79 Å². The Morgan fingerprint density at radius 2 is 2.38 bits per heavy atom. The zero-order valence-electron chi connectivity index (χ0n) is 5.35. The Bertz CT molecular complexity index is 98.7. The van der Waals surface area contributed by atoms with Crippen molar-refractivity contribution in [1.82, 2.24) is 4.90 Å². The van der Waals surface area contributed by atoms with Crippen LogP contribution >= 0.6 is 0 Å². The van der Waals surface area contributed by atoms with Gasteiger partial charge >= 0.3 is 0 Å². The number of likely N-dealkylation sites (N-methyl/N-ethyl adjacent to an activating group) is 1. The van der Waals surface area contributed by atoms with E-state index < -0.39 is 0 Å². The number of rotatable bonds is 2. The van der Waals surface area contributed by atoms with E-state index in [0.29, 0.717) is 6.54 Å². The minimum absolute atomic E-state index is 0.0740. The highest BCUT2D eigenvalue weighted by Gasteiger charge is 1.95. The molecule has 0 bridgehead atoms. The Hall–Kier alpha value is -0.790. The Morgan fingerprint density at radius 3 is 2.50 bits per heavy atom. The van der Waals surface area contributed by atoms with E-state index in [0.717, 1.165) is 0 Å². The Morgan fingerprint density at radius 1 is 1.88 bits per heavy atom. The van der Waals surface area contributed by atoms with E-state index in [-0.39, 0.29) is 5.91 Å². The minimum atomic E-state index is 0.0740. The molecule has 0 fully saturated rings. The van der Waals surface area contributed by atoms with Gasteiger partial charge in [-0.1, -0.05) is 6.08 Å². The molecule has 46 valence electrons. The SMILES string of the molecule is C=CCN(C)C(C)=O. The third-order valence-electron chi connectivity index (χ3n) is 0.941. The van der Waals surface area contributed by atoms with Crippen LogP contribution in [0.3, 0.4) is 0 Å². The van der Waals surface area contributed by atoms with Crippen molar-refractivity contribution in [2.24, 2.45) is 0 Å². The zero-order chi connectivity index (χ0) is 6.57. The van der Waals surface area contributed by atoms with Crippen molar-refractivity contribution in [1.29, 1.82) is 0 Å². The molecule has 0 saturated heterocycles. The van der Waals surface area contributed by atoms with E-state index in [1.165, 1.54) is 6.92 Å². The maximum atomic E-state index is 10.4. The van der Waals surface area contributed by atoms with Gasteiger partial charge in [-0.15, -0.1) is 6.58 Å². The molecule has 0 saturated carbocycles. The minimum Gasteiger partial charge on any atom is -0.342 e. The van der Waals surface area contributed by atoms with Crippen LogP contribution in [0.1, 0.15) is 6.92 Å². The summed E-state index contributed by atoms with van der Waals surface area (Å²) in [5, 5.41) is 0. The normalized spacial score (nSPS) is 8.25. The third-order valence-corrected chi connectivity index (χ3v) is 0.941. The molecule has 0 heterocycles. The molecule has 0 spiro atoms. The molecule has 0 rings (SSSR count). The number of hydrogen-bond acceptors (Lipinski definition) is 1. The molecule has 0 aliphatic rings. The van der Waals surface area contributed by atoms with E-state index in [1.54, 1.807) is 18.0 Å². The van der Waals surface area contributed by atoms with Gasteiger partial charge in [0.05, 0.1) is 0 Å². The molecule has 8 heavy (non-hydrogen) atoms. The lowest BCUT2D eigenvalue weighted by atomic mass is 10.5. The van der Waals surface area contributed by atoms with Crippen molar-refractivity contribution in [2.75, 3.05) is 13.6 Å². The summed E-state index contributed by atoms with van der Waals surface area (Å²) in [6.07, 6.45) is 1.70. The van der Waals surface area contributed by atoms with Gasteiger partial charge in [0, 0.05) is 20.5 Å². The van der Waals surface area contributed by atoms with Crippen molar-refractivity contribution in [3.63, 3.8) is 0 Å². The predicted octanol–water partition coefficient (Wildman–Crippen LogP) is 0.651. The fourth-order valence-corrected chi connectivity index (χ4v) is 0.322. The molecule has 0 atom stereocenters. The van der Waals surface area contributed by atoms with Crippen molar-refractivity contribution < 1.29 is 4.79 Å². The number of carbonyl (C=O) groups is 1. The van der Waals surface area contributed by atoms with Gasteiger partial charge in [0.15, 0.2) is 0 Å². The summed E-state index contributed by atoms with van der Waals surface area (Å²) in [5.41, 5.74) is 0. The first-order valence-corrected chi connectivity index (χ1v) is 2.51. The summed E-state index contributed by atoms with van der Waals surface area (Å²) in [5.74, 6) is 0.0740. The summed E-state index contributed by atoms with van der Waals surface area (Å²) >= 11 is 0. The molecule has 1 amide bonds. The van der Waals surface area contributed by atoms with Crippen LogP contribution in [0.5, 0.6) is 0 Å². The lowest BCUT2D eigenvalue weighted by molar-refractivity contribution is -0.127. The molecule has 0 radical (unpaired) electrons. The zero-order valence-corrected chi connectivity index (χ0v) is 5.35. The fraction of sp³-hybridized carbons (Fsp3) is 0.500. The second kappa shape index (κ2) is 3.24. The van der Waals surface area contributed by atoms with Crippen molar-refractivity contribution >= 4 is 5.91 Å². The first-order chi connectivity index (χ1) is 3.68. The van der Waals surface area contributed by atoms with Gasteiger partial charge < -0.3 is 4.90 Å². The van der Waals surface area contributed by atoms with Gasteiger partial charge in [-0.2, -0.15) is 0 Å². The van der Waals surface area contributed by atoms with Gasteiger partial charge in [0.2, 0.25) is 5.91 Å². The average molecular weight is 113 g/mol. The fourth-order valence-electron chi connectivity index (χ4n) is 0.322. The summed E-state index contributed by atoms with van der Waals surface area (Å²) in [6.45, 7) is 5.65. The van der Waals surface area contributed by atoms with Crippen LogP contribution in [0.4, 0.5) is 0 Å². The highest BCUT2D eigenvalue weighted by Crippen LogP contribution is 1.80. The third kappa shape index (κ3) is 2.39. The van der Waals surface area contributed by atoms with Crippen LogP contribution in [-0.4, -0.2) is 24.4 Å². The Kier molecular flexibility index (Phi) is 2.92. The summed E-state index contributed by atoms with van der Waals surface area (Å²) in [4.78, 5) is 12.0. The van der Waals surface area contributed by atoms with Crippen LogP contribution in [0.2, 0.25) is 0 Å². The topological polar surface area (TPSA) is 20.3 Å². The van der Waals surface area contributed by atoms with Gasteiger partial charge in [-0.05, 0) is 0 Å². The first-order valence-electron chi connectivity index (χ1n) is 2.51. The van der Waals surface area contributed by atoms with Crippen LogP contribution in [0, 0.1) is 0 Å². The van der Waals surface area contributed by atoms with Crippen molar-refractivity contribution in [3.8, 4) is 0 Å². The van der Waals surface area contributed by atoms with E-state index in [1.807, 2.05) is 0 Å². The number of carbonyl (C=O) groups excluding carboxylic acids is 1. The molecular formula is C6H11NO. The van der Waals surface area contributed by atoms with Gasteiger partial charge in [-0.25, -0.2) is 0 Å². The molecule has 0 unspecified atom stereocenters. The summed E-state index contributed by atoms with van der Waals surface area (Å²) in [6, 6.07) is 0. The van der Waals surface area contributed by atoms with Crippen LogP contribution < -0.4 is 0 Å². The number of nitrogens with zero attached hydrogens (tertiary/aromatic N) is 1. The predicted molar refractivity (Wildman–Crippen MR) is 33.5 cm³/mol. The van der Waals surface area contributed by atoms with Gasteiger partial charge in [-0.3, -0.25) is 4.79 Å². The first kappa shape index (κ1) is 7.21. The van der Waals surface area contributed by atoms with Crippen LogP contribution in [-0.2, 0) is 4.79 Å². The number of amides is 1. The molecular weight excluding hydrogens is 102 g/mol. The average Bonchev–Trinajstić information content (AvgIpc) is 1.67. The van der Waals surface area contributed by atoms with Gasteiger partial charge in [0.1, 0.15) is 0 Å². The Labute approximate surface area is 49.8 Å². The van der Waals surface area contributed by atoms with Crippen LogP contribution in [0.15, 0.2) is 12.7 Å². The maximum Gasteiger partial charge on any atom is 0.219 e. The standard InChI is InChI=1S/C6H11NO/c1-4-5-7(3)6(2)8/h4H,1,5H2,2-3H3. The molecule has 2 nitrogen and oxygen atoms in total.